The van der Waals surface area contributed by atoms with Crippen LogP contribution in [0.3, 0.4) is 0 Å². The first kappa shape index (κ1) is 13.8. The molecule has 0 saturated carbocycles. The van der Waals surface area contributed by atoms with Crippen LogP contribution in [0.5, 0.6) is 0 Å². The lowest BCUT2D eigenvalue weighted by Crippen LogP contribution is -2.43. The smallest absolute Gasteiger partial charge is 0.317 e. The molecule has 1 aromatic heterocycles. The van der Waals surface area contributed by atoms with Crippen molar-refractivity contribution >= 4 is 11.8 Å². The van der Waals surface area contributed by atoms with Gasteiger partial charge >= 0.3 is 5.97 Å². The molecule has 0 saturated heterocycles. The Morgan fingerprint density at radius 2 is 2.21 bits per heavy atom. The number of hydrogen-bond acceptors (Lipinski definition) is 5. The summed E-state index contributed by atoms with van der Waals surface area (Å²) in [6.45, 7) is 5.75. The number of carbonyl (C=O) groups is 2. The number of hydrogen-bond donors (Lipinski definition) is 0. The number of esters is 1. The molecule has 1 heterocycles. The van der Waals surface area contributed by atoms with Crippen LogP contribution in [0.2, 0.25) is 0 Å². The van der Waals surface area contributed by atoms with Gasteiger partial charge in [0.15, 0.2) is 5.78 Å². The third kappa shape index (κ3) is 2.17. The zero-order valence-electron chi connectivity index (χ0n) is 11.8. The number of Topliss-reactive ketones (excluding diaryl/α,β-unsaturated/α-hetero) is 1. The van der Waals surface area contributed by atoms with Gasteiger partial charge in [-0.15, -0.1) is 0 Å². The quantitative estimate of drug-likeness (QED) is 0.619. The van der Waals surface area contributed by atoms with Crippen molar-refractivity contribution in [3.63, 3.8) is 0 Å². The summed E-state index contributed by atoms with van der Waals surface area (Å²) in [5.41, 5.74) is 0.642. The van der Waals surface area contributed by atoms with Crippen molar-refractivity contribution in [2.24, 2.45) is 11.3 Å². The van der Waals surface area contributed by atoms with Gasteiger partial charge in [-0.25, -0.2) is 0 Å². The van der Waals surface area contributed by atoms with Gasteiger partial charge in [-0.05, 0) is 11.8 Å². The van der Waals surface area contributed by atoms with E-state index in [-0.39, 0.29) is 5.78 Å². The fraction of sp³-hybridized carbons (Fsp3) is 0.643. The summed E-state index contributed by atoms with van der Waals surface area (Å²) in [6, 6.07) is 0. The SMILES string of the molecule is CCCc1noc2c1C(=O)[C@@H](C(=O)OC)C(C)(C)C2. The molecule has 2 rings (SSSR count). The molecule has 0 bridgehead atoms. The summed E-state index contributed by atoms with van der Waals surface area (Å²) in [7, 11) is 1.31. The molecule has 1 atom stereocenters. The second kappa shape index (κ2) is 4.79. The molecule has 104 valence electrons. The molecule has 0 aromatic carbocycles. The summed E-state index contributed by atoms with van der Waals surface area (Å²) in [5, 5.41) is 3.98. The highest BCUT2D eigenvalue weighted by molar-refractivity contribution is 6.11. The Balaban J connectivity index is 2.48. The molecule has 1 aromatic rings. The number of ether oxygens (including phenoxy) is 1. The molecule has 0 radical (unpaired) electrons. The molecule has 19 heavy (non-hydrogen) atoms. The molecular formula is C14H19NO4. The largest absolute Gasteiger partial charge is 0.468 e. The number of rotatable bonds is 3. The van der Waals surface area contributed by atoms with E-state index in [0.29, 0.717) is 29.9 Å². The number of nitrogens with zero attached hydrogens (tertiary/aromatic N) is 1. The Morgan fingerprint density at radius 1 is 1.53 bits per heavy atom. The fourth-order valence-electron chi connectivity index (χ4n) is 2.73. The van der Waals surface area contributed by atoms with Crippen LogP contribution >= 0.6 is 0 Å². The molecule has 0 spiro atoms. The van der Waals surface area contributed by atoms with Crippen LogP contribution in [-0.4, -0.2) is 24.0 Å². The molecule has 1 aliphatic rings. The van der Waals surface area contributed by atoms with Crippen LogP contribution in [0, 0.1) is 11.3 Å². The Hall–Kier alpha value is -1.65. The van der Waals surface area contributed by atoms with Crippen molar-refractivity contribution in [1.82, 2.24) is 5.16 Å². The average Bonchev–Trinajstić information content (AvgIpc) is 2.71. The van der Waals surface area contributed by atoms with Crippen LogP contribution < -0.4 is 0 Å². The Bertz CT molecular complexity index is 516. The maximum atomic E-state index is 12.6. The van der Waals surface area contributed by atoms with E-state index in [4.69, 9.17) is 9.26 Å². The van der Waals surface area contributed by atoms with Gasteiger partial charge in [0, 0.05) is 6.42 Å². The monoisotopic (exact) mass is 265 g/mol. The van der Waals surface area contributed by atoms with Gasteiger partial charge in [-0.3, -0.25) is 9.59 Å². The first-order valence-electron chi connectivity index (χ1n) is 6.51. The average molecular weight is 265 g/mol. The van der Waals surface area contributed by atoms with Gasteiger partial charge in [0.25, 0.3) is 0 Å². The Morgan fingerprint density at radius 3 is 2.79 bits per heavy atom. The fourth-order valence-corrected chi connectivity index (χ4v) is 2.73. The van der Waals surface area contributed by atoms with Crippen LogP contribution in [0.4, 0.5) is 0 Å². The highest BCUT2D eigenvalue weighted by atomic mass is 16.5. The Labute approximate surface area is 112 Å². The predicted octanol–water partition coefficient (Wildman–Crippen LogP) is 2.18. The van der Waals surface area contributed by atoms with Gasteiger partial charge in [-0.1, -0.05) is 32.3 Å². The number of aromatic nitrogens is 1. The van der Waals surface area contributed by atoms with Crippen LogP contribution in [0.15, 0.2) is 4.52 Å². The van der Waals surface area contributed by atoms with Gasteiger partial charge < -0.3 is 9.26 Å². The Kier molecular flexibility index (Phi) is 3.47. The third-order valence-corrected chi connectivity index (χ3v) is 3.66. The summed E-state index contributed by atoms with van der Waals surface area (Å²) in [5.74, 6) is -0.884. The van der Waals surface area contributed by atoms with Crippen molar-refractivity contribution < 1.29 is 18.8 Å². The number of methoxy groups -OCH3 is 1. The standard InChI is InChI=1S/C14H19NO4/c1-5-6-8-10-9(19-15-8)7-14(2,3)11(12(10)16)13(17)18-4/h11H,5-7H2,1-4H3/t11-/m0/s1. The highest BCUT2D eigenvalue weighted by Crippen LogP contribution is 2.41. The van der Waals surface area contributed by atoms with Crippen molar-refractivity contribution in [2.75, 3.05) is 7.11 Å². The van der Waals surface area contributed by atoms with E-state index in [1.165, 1.54) is 7.11 Å². The minimum atomic E-state index is -0.778. The summed E-state index contributed by atoms with van der Waals surface area (Å²) >= 11 is 0. The number of aryl methyl sites for hydroxylation is 1. The molecular weight excluding hydrogens is 246 g/mol. The van der Waals surface area contributed by atoms with Crippen LogP contribution in [-0.2, 0) is 22.4 Å². The van der Waals surface area contributed by atoms with Crippen LogP contribution in [0.25, 0.3) is 0 Å². The summed E-state index contributed by atoms with van der Waals surface area (Å²) in [6.07, 6.45) is 2.07. The molecule has 1 aliphatic carbocycles. The second-order valence-electron chi connectivity index (χ2n) is 5.66. The lowest BCUT2D eigenvalue weighted by molar-refractivity contribution is -0.147. The number of ketones is 1. The number of fused-ring (bicyclic) bond motifs is 1. The van der Waals surface area contributed by atoms with E-state index in [1.54, 1.807) is 0 Å². The first-order chi connectivity index (χ1) is 8.92. The molecule has 0 unspecified atom stereocenters. The molecule has 0 N–H and O–H groups in total. The first-order valence-corrected chi connectivity index (χ1v) is 6.51. The van der Waals surface area contributed by atoms with Crippen molar-refractivity contribution in [3.8, 4) is 0 Å². The molecule has 0 amide bonds. The van der Waals surface area contributed by atoms with Gasteiger partial charge in [0.2, 0.25) is 0 Å². The molecule has 5 heteroatoms. The molecule has 5 nitrogen and oxygen atoms in total. The lowest BCUT2D eigenvalue weighted by Gasteiger charge is -2.34. The van der Waals surface area contributed by atoms with Crippen molar-refractivity contribution in [1.29, 1.82) is 0 Å². The maximum Gasteiger partial charge on any atom is 0.317 e. The van der Waals surface area contributed by atoms with Gasteiger partial charge in [0.05, 0.1) is 18.4 Å². The predicted molar refractivity (Wildman–Crippen MR) is 67.8 cm³/mol. The summed E-state index contributed by atoms with van der Waals surface area (Å²) in [4.78, 5) is 24.5. The second-order valence-corrected chi connectivity index (χ2v) is 5.66. The highest BCUT2D eigenvalue weighted by Gasteiger charge is 2.49. The summed E-state index contributed by atoms with van der Waals surface area (Å²) < 4.78 is 10.1. The normalized spacial score (nSPS) is 21.1. The zero-order valence-corrected chi connectivity index (χ0v) is 11.8. The van der Waals surface area contributed by atoms with Gasteiger partial charge in [0.1, 0.15) is 11.7 Å². The van der Waals surface area contributed by atoms with Gasteiger partial charge in [-0.2, -0.15) is 0 Å². The topological polar surface area (TPSA) is 69.4 Å². The maximum absolute atomic E-state index is 12.6. The van der Waals surface area contributed by atoms with E-state index >= 15 is 0 Å². The molecule has 0 aliphatic heterocycles. The van der Waals surface area contributed by atoms with E-state index in [1.807, 2.05) is 20.8 Å². The minimum Gasteiger partial charge on any atom is -0.468 e. The number of carbonyl (C=O) groups excluding carboxylic acids is 2. The van der Waals surface area contributed by atoms with Crippen molar-refractivity contribution in [2.45, 2.75) is 40.0 Å². The molecule has 0 fully saturated rings. The van der Waals surface area contributed by atoms with E-state index in [0.717, 1.165) is 6.42 Å². The van der Waals surface area contributed by atoms with Crippen LogP contribution in [0.1, 0.15) is 49.0 Å². The minimum absolute atomic E-state index is 0.220. The van der Waals surface area contributed by atoms with E-state index in [2.05, 4.69) is 5.16 Å². The lowest BCUT2D eigenvalue weighted by atomic mass is 9.67. The zero-order chi connectivity index (χ0) is 14.2. The third-order valence-electron chi connectivity index (χ3n) is 3.66. The van der Waals surface area contributed by atoms with E-state index < -0.39 is 17.3 Å². The van der Waals surface area contributed by atoms with Crippen molar-refractivity contribution in [3.05, 3.63) is 17.0 Å². The van der Waals surface area contributed by atoms with E-state index in [9.17, 15) is 9.59 Å².